The number of hydrogen-bond donors (Lipinski definition) is 0. The standard InChI is InChI=1S/C49H35NS/c1-49(2)40-22-11-8-20-38(40)47-41(49)23-14-25-43(47)50(42-24-12-9-18-36(42)32-15-4-3-5-16-32)35-29-27-33(28-30-35)46-37-19-7-6-17-34(37)31-45-48(46)39-21-10-13-26-44(39)51-45/h3-31H,1-2H3. The molecule has 0 spiro atoms. The van der Waals surface area contributed by atoms with Crippen molar-refractivity contribution in [3.63, 3.8) is 0 Å². The highest BCUT2D eigenvalue weighted by molar-refractivity contribution is 7.26. The van der Waals surface area contributed by atoms with Crippen LogP contribution in [-0.4, -0.2) is 0 Å². The molecule has 1 aliphatic rings. The van der Waals surface area contributed by atoms with Gasteiger partial charge in [0.05, 0.1) is 11.4 Å². The molecule has 1 aromatic heterocycles. The third kappa shape index (κ3) is 4.60. The summed E-state index contributed by atoms with van der Waals surface area (Å²) in [6, 6.07) is 64.8. The van der Waals surface area contributed by atoms with E-state index in [1.807, 2.05) is 11.3 Å². The van der Waals surface area contributed by atoms with Crippen LogP contribution in [0.2, 0.25) is 0 Å². The fraction of sp³-hybridized carbons (Fsp3) is 0.0612. The van der Waals surface area contributed by atoms with E-state index in [1.165, 1.54) is 81.1 Å². The molecular formula is C49H35NS. The Morgan fingerprint density at radius 2 is 1.10 bits per heavy atom. The van der Waals surface area contributed by atoms with Crippen molar-refractivity contribution in [2.24, 2.45) is 0 Å². The molecule has 242 valence electrons. The Morgan fingerprint density at radius 3 is 1.94 bits per heavy atom. The molecule has 0 unspecified atom stereocenters. The molecule has 0 fully saturated rings. The van der Waals surface area contributed by atoms with Crippen LogP contribution < -0.4 is 4.90 Å². The normalized spacial score (nSPS) is 13.1. The van der Waals surface area contributed by atoms with Crippen LogP contribution in [0.5, 0.6) is 0 Å². The minimum absolute atomic E-state index is 0.0978. The van der Waals surface area contributed by atoms with Gasteiger partial charge in [-0.1, -0.05) is 153 Å². The Labute approximate surface area is 302 Å². The molecule has 10 rings (SSSR count). The Morgan fingerprint density at radius 1 is 0.451 bits per heavy atom. The zero-order chi connectivity index (χ0) is 34.1. The molecule has 0 amide bonds. The van der Waals surface area contributed by atoms with E-state index in [0.717, 1.165) is 11.4 Å². The van der Waals surface area contributed by atoms with Crippen molar-refractivity contribution in [2.75, 3.05) is 4.90 Å². The predicted octanol–water partition coefficient (Wildman–Crippen LogP) is 14.3. The van der Waals surface area contributed by atoms with Crippen LogP contribution >= 0.6 is 11.3 Å². The zero-order valence-electron chi connectivity index (χ0n) is 28.6. The van der Waals surface area contributed by atoms with E-state index in [1.54, 1.807) is 0 Å². The number of thiophene rings is 1. The first-order valence-electron chi connectivity index (χ1n) is 17.7. The van der Waals surface area contributed by atoms with Gasteiger partial charge in [0, 0.05) is 42.4 Å². The van der Waals surface area contributed by atoms with Crippen molar-refractivity contribution in [3.8, 4) is 33.4 Å². The highest BCUT2D eigenvalue weighted by atomic mass is 32.1. The van der Waals surface area contributed by atoms with Crippen molar-refractivity contribution in [1.82, 2.24) is 0 Å². The molecule has 1 nitrogen and oxygen atoms in total. The van der Waals surface area contributed by atoms with Crippen molar-refractivity contribution in [1.29, 1.82) is 0 Å². The molecule has 0 saturated heterocycles. The van der Waals surface area contributed by atoms with Gasteiger partial charge in [0.15, 0.2) is 0 Å². The Hall–Kier alpha value is -5.96. The minimum Gasteiger partial charge on any atom is -0.309 e. The fourth-order valence-electron chi connectivity index (χ4n) is 8.49. The van der Waals surface area contributed by atoms with Gasteiger partial charge in [-0.3, -0.25) is 0 Å². The van der Waals surface area contributed by atoms with Crippen molar-refractivity contribution >= 4 is 59.3 Å². The topological polar surface area (TPSA) is 3.24 Å². The van der Waals surface area contributed by atoms with Gasteiger partial charge in [-0.15, -0.1) is 11.3 Å². The highest BCUT2D eigenvalue weighted by Crippen LogP contribution is 2.55. The SMILES string of the molecule is CC1(C)c2ccccc2-c2c(N(c3ccc(-c4c5ccccc5cc5sc6ccccc6c45)cc3)c3ccccc3-c3ccccc3)cccc21. The zero-order valence-corrected chi connectivity index (χ0v) is 29.4. The quantitative estimate of drug-likeness (QED) is 0.176. The smallest absolute Gasteiger partial charge is 0.0543 e. The maximum Gasteiger partial charge on any atom is 0.0543 e. The molecule has 0 saturated carbocycles. The molecule has 0 atom stereocenters. The predicted molar refractivity (Wildman–Crippen MR) is 220 cm³/mol. The van der Waals surface area contributed by atoms with Gasteiger partial charge >= 0.3 is 0 Å². The Kier molecular flexibility index (Phi) is 6.78. The third-order valence-corrected chi connectivity index (χ3v) is 12.0. The van der Waals surface area contributed by atoms with E-state index < -0.39 is 0 Å². The largest absolute Gasteiger partial charge is 0.309 e. The molecular weight excluding hydrogens is 635 g/mol. The monoisotopic (exact) mass is 669 g/mol. The highest BCUT2D eigenvalue weighted by Gasteiger charge is 2.38. The summed E-state index contributed by atoms with van der Waals surface area (Å²) in [5, 5.41) is 5.22. The second-order valence-electron chi connectivity index (χ2n) is 14.1. The maximum atomic E-state index is 2.49. The van der Waals surface area contributed by atoms with Gasteiger partial charge in [-0.2, -0.15) is 0 Å². The summed E-state index contributed by atoms with van der Waals surface area (Å²) in [5.74, 6) is 0. The number of benzene rings is 8. The number of rotatable bonds is 5. The van der Waals surface area contributed by atoms with Crippen LogP contribution in [0.4, 0.5) is 17.1 Å². The summed E-state index contributed by atoms with van der Waals surface area (Å²) < 4.78 is 2.65. The lowest BCUT2D eigenvalue weighted by Gasteiger charge is -2.30. The Bertz CT molecular complexity index is 2770. The lowest BCUT2D eigenvalue weighted by molar-refractivity contribution is 0.660. The van der Waals surface area contributed by atoms with Gasteiger partial charge in [0.1, 0.15) is 0 Å². The molecule has 1 heterocycles. The summed E-state index contributed by atoms with van der Waals surface area (Å²) >= 11 is 1.88. The molecule has 0 radical (unpaired) electrons. The first kappa shape index (κ1) is 29.9. The molecule has 1 aliphatic carbocycles. The van der Waals surface area contributed by atoms with Gasteiger partial charge in [-0.05, 0) is 80.6 Å². The second-order valence-corrected chi connectivity index (χ2v) is 15.2. The average molecular weight is 670 g/mol. The van der Waals surface area contributed by atoms with Gasteiger partial charge < -0.3 is 4.90 Å². The van der Waals surface area contributed by atoms with Crippen LogP contribution in [0.3, 0.4) is 0 Å². The molecule has 0 aliphatic heterocycles. The summed E-state index contributed by atoms with van der Waals surface area (Å²) in [6.45, 7) is 4.72. The van der Waals surface area contributed by atoms with Crippen LogP contribution in [0.1, 0.15) is 25.0 Å². The maximum absolute atomic E-state index is 2.49. The summed E-state index contributed by atoms with van der Waals surface area (Å²) in [4.78, 5) is 2.49. The van der Waals surface area contributed by atoms with E-state index >= 15 is 0 Å². The number of anilines is 3. The first-order valence-corrected chi connectivity index (χ1v) is 18.5. The summed E-state index contributed by atoms with van der Waals surface area (Å²) in [6.07, 6.45) is 0. The summed E-state index contributed by atoms with van der Waals surface area (Å²) in [7, 11) is 0. The van der Waals surface area contributed by atoms with Crippen molar-refractivity contribution in [2.45, 2.75) is 19.3 Å². The van der Waals surface area contributed by atoms with E-state index in [2.05, 4.69) is 195 Å². The second kappa shape index (κ2) is 11.6. The van der Waals surface area contributed by atoms with E-state index in [4.69, 9.17) is 0 Å². The Balaban J connectivity index is 1.22. The number of para-hydroxylation sites is 1. The lowest BCUT2D eigenvalue weighted by Crippen LogP contribution is -2.16. The fourth-order valence-corrected chi connectivity index (χ4v) is 9.65. The van der Waals surface area contributed by atoms with Crippen LogP contribution in [-0.2, 0) is 5.41 Å². The lowest BCUT2D eigenvalue weighted by atomic mass is 9.82. The van der Waals surface area contributed by atoms with Gasteiger partial charge in [-0.25, -0.2) is 0 Å². The summed E-state index contributed by atoms with van der Waals surface area (Å²) in [5.41, 5.74) is 13.7. The third-order valence-electron chi connectivity index (χ3n) is 10.9. The van der Waals surface area contributed by atoms with E-state index in [-0.39, 0.29) is 5.41 Å². The van der Waals surface area contributed by atoms with E-state index in [9.17, 15) is 0 Å². The average Bonchev–Trinajstić information content (AvgIpc) is 3.67. The number of nitrogens with zero attached hydrogens (tertiary/aromatic N) is 1. The molecule has 0 N–H and O–H groups in total. The van der Waals surface area contributed by atoms with Crippen molar-refractivity contribution in [3.05, 3.63) is 187 Å². The molecule has 8 aromatic carbocycles. The molecule has 51 heavy (non-hydrogen) atoms. The number of hydrogen-bond acceptors (Lipinski definition) is 2. The first-order chi connectivity index (χ1) is 25.1. The molecule has 2 heteroatoms. The van der Waals surface area contributed by atoms with Gasteiger partial charge in [0.25, 0.3) is 0 Å². The van der Waals surface area contributed by atoms with Crippen LogP contribution in [0, 0.1) is 0 Å². The van der Waals surface area contributed by atoms with Crippen LogP contribution in [0.25, 0.3) is 64.3 Å². The molecule has 9 aromatic rings. The minimum atomic E-state index is -0.0978. The molecule has 0 bridgehead atoms. The van der Waals surface area contributed by atoms with Crippen molar-refractivity contribution < 1.29 is 0 Å². The van der Waals surface area contributed by atoms with E-state index in [0.29, 0.717) is 0 Å². The number of fused-ring (bicyclic) bond motifs is 7. The van der Waals surface area contributed by atoms with Gasteiger partial charge in [0.2, 0.25) is 0 Å². The van der Waals surface area contributed by atoms with Crippen LogP contribution in [0.15, 0.2) is 176 Å².